The average Bonchev–Trinajstić information content (AvgIpc) is 2.46. The summed E-state index contributed by atoms with van der Waals surface area (Å²) < 4.78 is 21.2. The maximum absolute atomic E-state index is 12.4. The molecule has 1 N–H and O–H groups in total. The summed E-state index contributed by atoms with van der Waals surface area (Å²) in [7, 11) is 0. The molecule has 1 heterocycles. The van der Waals surface area contributed by atoms with E-state index in [9.17, 15) is 9.35 Å². The molecule has 1 unspecified atom stereocenters. The number of benzene rings is 1. The Morgan fingerprint density at radius 1 is 1.33 bits per heavy atom. The third-order valence-corrected chi connectivity index (χ3v) is 6.03. The minimum absolute atomic E-state index is 0.0405. The Morgan fingerprint density at radius 3 is 2.58 bits per heavy atom. The van der Waals surface area contributed by atoms with E-state index in [0.29, 0.717) is 16.1 Å². The van der Waals surface area contributed by atoms with Gasteiger partial charge in [0.1, 0.15) is 10.3 Å². The van der Waals surface area contributed by atoms with E-state index in [0.717, 1.165) is 16.9 Å². The fourth-order valence-corrected chi connectivity index (χ4v) is 3.77. The molecule has 4 nitrogen and oxygen atoms in total. The molecule has 2 aromatic rings. The van der Waals surface area contributed by atoms with Crippen LogP contribution >= 0.6 is 11.8 Å². The molecule has 1 aromatic heterocycles. The number of hydrogen-bond acceptors (Lipinski definition) is 5. The van der Waals surface area contributed by atoms with Crippen molar-refractivity contribution in [3.05, 3.63) is 39.5 Å². The number of rotatable bonds is 5. The van der Waals surface area contributed by atoms with Crippen molar-refractivity contribution < 1.29 is 8.97 Å². The molecular weight excluding hydrogens is 342 g/mol. The van der Waals surface area contributed by atoms with Gasteiger partial charge in [0.15, 0.2) is 10.5 Å². The van der Waals surface area contributed by atoms with Crippen LogP contribution in [0.3, 0.4) is 0 Å². The molecule has 0 aliphatic carbocycles. The van der Waals surface area contributed by atoms with Gasteiger partial charge in [-0.25, -0.2) is 0 Å². The van der Waals surface area contributed by atoms with Gasteiger partial charge in [0.2, 0.25) is 0 Å². The fraction of sp³-hybridized carbons (Fsp3) is 0.500. The van der Waals surface area contributed by atoms with Gasteiger partial charge in [0.25, 0.3) is 0 Å². The average molecular weight is 368 g/mol. The SMILES string of the molecule is CCSc1cc(=O)c2cc(C)cc(C(C)N[S@+]([O-])C(C)(C)C)c2o1. The zero-order chi connectivity index (χ0) is 18.1. The molecule has 0 aliphatic heterocycles. The Kier molecular flexibility index (Phi) is 6.07. The number of fused-ring (bicyclic) bond motifs is 1. The molecule has 0 bridgehead atoms. The summed E-state index contributed by atoms with van der Waals surface area (Å²) in [6.45, 7) is 11.7. The van der Waals surface area contributed by atoms with Crippen molar-refractivity contribution in [1.29, 1.82) is 0 Å². The number of nitrogens with one attached hydrogen (secondary N) is 1. The topological polar surface area (TPSA) is 65.3 Å². The van der Waals surface area contributed by atoms with Gasteiger partial charge in [-0.05, 0) is 52.0 Å². The first kappa shape index (κ1) is 19.4. The third-order valence-electron chi connectivity index (χ3n) is 3.57. The predicted octanol–water partition coefficient (Wildman–Crippen LogP) is 4.33. The second-order valence-electron chi connectivity index (χ2n) is 6.81. The van der Waals surface area contributed by atoms with E-state index in [4.69, 9.17) is 4.42 Å². The molecule has 0 amide bonds. The molecular formula is C18H25NO3S2. The van der Waals surface area contributed by atoms with Crippen molar-refractivity contribution >= 4 is 34.1 Å². The molecule has 2 rings (SSSR count). The monoisotopic (exact) mass is 367 g/mol. The molecule has 0 radical (unpaired) electrons. The van der Waals surface area contributed by atoms with Crippen LogP contribution in [0.25, 0.3) is 11.0 Å². The lowest BCUT2D eigenvalue weighted by atomic mass is 10.0. The van der Waals surface area contributed by atoms with Crippen molar-refractivity contribution in [1.82, 2.24) is 4.72 Å². The number of hydrogen-bond donors (Lipinski definition) is 1. The van der Waals surface area contributed by atoms with Crippen molar-refractivity contribution in [2.75, 3.05) is 5.75 Å². The molecule has 2 atom stereocenters. The van der Waals surface area contributed by atoms with E-state index in [1.807, 2.05) is 53.7 Å². The first-order valence-electron chi connectivity index (χ1n) is 8.02. The molecule has 132 valence electrons. The van der Waals surface area contributed by atoms with Gasteiger partial charge in [-0.15, -0.1) is 4.72 Å². The highest BCUT2D eigenvalue weighted by Crippen LogP contribution is 2.29. The first-order chi connectivity index (χ1) is 11.1. The van der Waals surface area contributed by atoms with Crippen molar-refractivity contribution in [3.63, 3.8) is 0 Å². The Balaban J connectivity index is 2.54. The molecule has 6 heteroatoms. The maximum atomic E-state index is 12.4. The second-order valence-corrected chi connectivity index (χ2v) is 10.1. The predicted molar refractivity (Wildman–Crippen MR) is 103 cm³/mol. The van der Waals surface area contributed by atoms with E-state index < -0.39 is 11.4 Å². The van der Waals surface area contributed by atoms with Crippen LogP contribution in [0.1, 0.15) is 51.8 Å². The largest absolute Gasteiger partial charge is 0.598 e. The molecule has 0 aliphatic rings. The Labute approximate surface area is 150 Å². The van der Waals surface area contributed by atoms with E-state index in [1.54, 1.807) is 6.07 Å². The van der Waals surface area contributed by atoms with Crippen LogP contribution in [0.15, 0.2) is 32.5 Å². The first-order valence-corrected chi connectivity index (χ1v) is 10.2. The molecule has 0 fully saturated rings. The number of aryl methyl sites for hydroxylation is 1. The van der Waals surface area contributed by atoms with Crippen LogP contribution in [0, 0.1) is 6.92 Å². The summed E-state index contributed by atoms with van der Waals surface area (Å²) >= 11 is 0.293. The van der Waals surface area contributed by atoms with Gasteiger partial charge >= 0.3 is 0 Å². The summed E-state index contributed by atoms with van der Waals surface area (Å²) in [5.74, 6) is 0.831. The summed E-state index contributed by atoms with van der Waals surface area (Å²) in [4.78, 5) is 12.4. The van der Waals surface area contributed by atoms with Gasteiger partial charge in [0.05, 0.1) is 11.4 Å². The Bertz CT molecular complexity index is 780. The minimum Gasteiger partial charge on any atom is -0.598 e. The van der Waals surface area contributed by atoms with Crippen LogP contribution in [-0.4, -0.2) is 15.1 Å². The molecule has 0 saturated heterocycles. The molecule has 1 aromatic carbocycles. The van der Waals surface area contributed by atoms with Crippen LogP contribution in [0.4, 0.5) is 0 Å². The maximum Gasteiger partial charge on any atom is 0.193 e. The van der Waals surface area contributed by atoms with E-state index in [2.05, 4.69) is 4.72 Å². The highest BCUT2D eigenvalue weighted by atomic mass is 32.2. The lowest BCUT2D eigenvalue weighted by Gasteiger charge is -2.27. The standard InChI is InChI=1S/C18H25NO3S2/c1-7-23-16-10-15(20)14-9-11(2)8-13(17(14)22-16)12(3)19-24(21)18(4,5)6/h8-10,12,19H,7H2,1-6H3/t12?,24-/m1/s1. The summed E-state index contributed by atoms with van der Waals surface area (Å²) in [5, 5.41) is 1.19. The lowest BCUT2D eigenvalue weighted by Crippen LogP contribution is -2.40. The summed E-state index contributed by atoms with van der Waals surface area (Å²) in [5.41, 5.74) is 2.38. The fourth-order valence-electron chi connectivity index (χ4n) is 2.35. The van der Waals surface area contributed by atoms with Crippen LogP contribution in [0.2, 0.25) is 0 Å². The van der Waals surface area contributed by atoms with Gasteiger partial charge in [0, 0.05) is 23.0 Å². The second kappa shape index (κ2) is 7.52. The van der Waals surface area contributed by atoms with Crippen molar-refractivity contribution in [3.8, 4) is 0 Å². The van der Waals surface area contributed by atoms with Crippen LogP contribution in [0.5, 0.6) is 0 Å². The highest BCUT2D eigenvalue weighted by Gasteiger charge is 2.29. The van der Waals surface area contributed by atoms with Gasteiger partial charge < -0.3 is 8.97 Å². The molecule has 24 heavy (non-hydrogen) atoms. The van der Waals surface area contributed by atoms with E-state index in [-0.39, 0.29) is 16.2 Å². The summed E-state index contributed by atoms with van der Waals surface area (Å²) in [6, 6.07) is 5.18. The normalized spacial score (nSPS) is 14.8. The zero-order valence-electron chi connectivity index (χ0n) is 15.1. The summed E-state index contributed by atoms with van der Waals surface area (Å²) in [6.07, 6.45) is 0. The van der Waals surface area contributed by atoms with Gasteiger partial charge in [-0.2, -0.15) is 0 Å². The molecule has 0 spiro atoms. The van der Waals surface area contributed by atoms with Crippen molar-refractivity contribution in [2.45, 2.75) is 57.4 Å². The minimum atomic E-state index is -1.21. The quantitative estimate of drug-likeness (QED) is 0.629. The van der Waals surface area contributed by atoms with Crippen LogP contribution in [-0.2, 0) is 11.4 Å². The van der Waals surface area contributed by atoms with E-state index >= 15 is 0 Å². The zero-order valence-corrected chi connectivity index (χ0v) is 16.7. The number of thioether (sulfide) groups is 1. The Morgan fingerprint density at radius 2 is 2.00 bits per heavy atom. The van der Waals surface area contributed by atoms with E-state index in [1.165, 1.54) is 11.8 Å². The highest BCUT2D eigenvalue weighted by molar-refractivity contribution is 7.99. The van der Waals surface area contributed by atoms with Crippen LogP contribution < -0.4 is 10.2 Å². The van der Waals surface area contributed by atoms with Gasteiger partial charge in [-0.3, -0.25) is 4.79 Å². The Hall–Kier alpha value is -0.950. The third kappa shape index (κ3) is 4.36. The lowest BCUT2D eigenvalue weighted by molar-refractivity contribution is 0.490. The molecule has 0 saturated carbocycles. The van der Waals surface area contributed by atoms with Gasteiger partial charge in [-0.1, -0.05) is 24.8 Å². The van der Waals surface area contributed by atoms with Crippen molar-refractivity contribution in [2.24, 2.45) is 0 Å². The smallest absolute Gasteiger partial charge is 0.193 e.